The second kappa shape index (κ2) is 3.26. The van der Waals surface area contributed by atoms with Crippen LogP contribution in [0.15, 0.2) is 12.1 Å². The Morgan fingerprint density at radius 2 is 1.81 bits per heavy atom. The third kappa shape index (κ3) is 1.73. The Kier molecular flexibility index (Phi) is 2.34. The Morgan fingerprint density at radius 1 is 1.19 bits per heavy atom. The molecule has 1 aromatic carbocycles. The minimum Gasteiger partial charge on any atom is -0.508 e. The molecule has 1 heteroatoms. The summed E-state index contributed by atoms with van der Waals surface area (Å²) >= 11 is 0. The molecule has 0 atom stereocenters. The average Bonchev–Trinajstić information content (AvgIpc) is 2.39. The van der Waals surface area contributed by atoms with Crippen LogP contribution in [0.1, 0.15) is 57.7 Å². The van der Waals surface area contributed by atoms with E-state index in [1.165, 1.54) is 17.5 Å². The highest BCUT2D eigenvalue weighted by Crippen LogP contribution is 2.43. The van der Waals surface area contributed by atoms with E-state index in [4.69, 9.17) is 0 Å². The predicted octanol–water partition coefficient (Wildman–Crippen LogP) is 3.91. The molecule has 0 fully saturated rings. The van der Waals surface area contributed by atoms with E-state index in [0.29, 0.717) is 5.75 Å². The first kappa shape index (κ1) is 11.5. The van der Waals surface area contributed by atoms with Crippen molar-refractivity contribution in [3.8, 4) is 5.75 Å². The molecule has 0 radical (unpaired) electrons. The van der Waals surface area contributed by atoms with E-state index >= 15 is 0 Å². The van der Waals surface area contributed by atoms with E-state index in [9.17, 15) is 5.11 Å². The number of phenols is 1. The first-order valence-electron chi connectivity index (χ1n) is 6.09. The van der Waals surface area contributed by atoms with E-state index in [1.54, 1.807) is 0 Å². The van der Waals surface area contributed by atoms with Gasteiger partial charge in [0.2, 0.25) is 0 Å². The van der Waals surface area contributed by atoms with Gasteiger partial charge in [-0.2, -0.15) is 0 Å². The highest BCUT2D eigenvalue weighted by Gasteiger charge is 2.32. The van der Waals surface area contributed by atoms with E-state index in [-0.39, 0.29) is 10.8 Å². The number of hydrogen-bond donors (Lipinski definition) is 1. The first-order valence-corrected chi connectivity index (χ1v) is 6.09. The summed E-state index contributed by atoms with van der Waals surface area (Å²) in [6.07, 6.45) is 2.29. The summed E-state index contributed by atoms with van der Waals surface area (Å²) < 4.78 is 0. The molecule has 1 nitrogen and oxygen atoms in total. The van der Waals surface area contributed by atoms with Crippen molar-refractivity contribution in [3.05, 3.63) is 28.8 Å². The van der Waals surface area contributed by atoms with Gasteiger partial charge < -0.3 is 5.11 Å². The number of aryl methyl sites for hydroxylation is 1. The molecule has 1 aromatic rings. The zero-order valence-corrected chi connectivity index (χ0v) is 11.0. The quantitative estimate of drug-likeness (QED) is 0.700. The van der Waals surface area contributed by atoms with Gasteiger partial charge in [-0.25, -0.2) is 0 Å². The maximum absolute atomic E-state index is 10.1. The zero-order chi connectivity index (χ0) is 12.1. The van der Waals surface area contributed by atoms with Crippen LogP contribution in [0.5, 0.6) is 5.75 Å². The van der Waals surface area contributed by atoms with Gasteiger partial charge in [-0.1, -0.05) is 40.7 Å². The summed E-state index contributed by atoms with van der Waals surface area (Å²) in [5, 5.41) is 10.1. The molecule has 16 heavy (non-hydrogen) atoms. The third-order valence-corrected chi connectivity index (χ3v) is 3.78. The second-order valence-corrected chi connectivity index (χ2v) is 6.66. The SMILES string of the molecule is CC(C)(C)c1cc2c(cc1O)CCC2(C)C. The van der Waals surface area contributed by atoms with Gasteiger partial charge in [0.25, 0.3) is 0 Å². The molecule has 0 unspecified atom stereocenters. The molecule has 2 rings (SSSR count). The van der Waals surface area contributed by atoms with Gasteiger partial charge in [0.15, 0.2) is 0 Å². The molecule has 0 saturated carbocycles. The van der Waals surface area contributed by atoms with Crippen LogP contribution in [-0.4, -0.2) is 5.11 Å². The second-order valence-electron chi connectivity index (χ2n) is 6.66. The lowest BCUT2D eigenvalue weighted by atomic mass is 9.80. The Balaban J connectivity index is 2.61. The fourth-order valence-corrected chi connectivity index (χ4v) is 2.65. The fourth-order valence-electron chi connectivity index (χ4n) is 2.65. The number of aromatic hydroxyl groups is 1. The van der Waals surface area contributed by atoms with Crippen molar-refractivity contribution in [1.29, 1.82) is 0 Å². The molecule has 0 aromatic heterocycles. The summed E-state index contributed by atoms with van der Waals surface area (Å²) in [5.74, 6) is 0.462. The summed E-state index contributed by atoms with van der Waals surface area (Å²) in [7, 11) is 0. The zero-order valence-electron chi connectivity index (χ0n) is 11.0. The van der Waals surface area contributed by atoms with Crippen LogP contribution >= 0.6 is 0 Å². The standard InChI is InChI=1S/C15H22O/c1-14(2,3)12-9-11-10(8-13(12)16)6-7-15(11,4)5/h8-9,16H,6-7H2,1-5H3. The van der Waals surface area contributed by atoms with E-state index in [1.807, 2.05) is 6.07 Å². The molecule has 1 aliphatic rings. The van der Waals surface area contributed by atoms with Gasteiger partial charge in [0, 0.05) is 0 Å². The van der Waals surface area contributed by atoms with Gasteiger partial charge >= 0.3 is 0 Å². The minimum absolute atomic E-state index is 0.0117. The summed E-state index contributed by atoms with van der Waals surface area (Å²) in [4.78, 5) is 0. The number of hydrogen-bond acceptors (Lipinski definition) is 1. The Bertz CT molecular complexity index is 421. The van der Waals surface area contributed by atoms with Crippen molar-refractivity contribution < 1.29 is 5.11 Å². The number of benzene rings is 1. The van der Waals surface area contributed by atoms with Crippen molar-refractivity contribution in [3.63, 3.8) is 0 Å². The fraction of sp³-hybridized carbons (Fsp3) is 0.600. The number of phenolic OH excluding ortho intramolecular Hbond substituents is 1. The van der Waals surface area contributed by atoms with Crippen LogP contribution in [0, 0.1) is 0 Å². The molecule has 0 aliphatic heterocycles. The van der Waals surface area contributed by atoms with Crippen LogP contribution in [0.2, 0.25) is 0 Å². The van der Waals surface area contributed by atoms with Gasteiger partial charge in [0.1, 0.15) is 5.75 Å². The number of rotatable bonds is 0. The molecule has 0 amide bonds. The number of fused-ring (bicyclic) bond motifs is 1. The predicted molar refractivity (Wildman–Crippen MR) is 68.2 cm³/mol. The van der Waals surface area contributed by atoms with Crippen molar-refractivity contribution in [2.75, 3.05) is 0 Å². The minimum atomic E-state index is 0.0117. The monoisotopic (exact) mass is 218 g/mol. The molecule has 88 valence electrons. The Labute approximate surface area is 98.5 Å². The molecule has 1 aliphatic carbocycles. The van der Waals surface area contributed by atoms with Crippen LogP contribution < -0.4 is 0 Å². The Morgan fingerprint density at radius 3 is 2.38 bits per heavy atom. The lowest BCUT2D eigenvalue weighted by Crippen LogP contribution is -2.16. The highest BCUT2D eigenvalue weighted by atomic mass is 16.3. The molecule has 1 N–H and O–H groups in total. The van der Waals surface area contributed by atoms with Crippen LogP contribution in [0.4, 0.5) is 0 Å². The van der Waals surface area contributed by atoms with Crippen molar-refractivity contribution >= 4 is 0 Å². The van der Waals surface area contributed by atoms with Crippen LogP contribution in [-0.2, 0) is 17.3 Å². The van der Waals surface area contributed by atoms with E-state index in [2.05, 4.69) is 40.7 Å². The summed E-state index contributed by atoms with van der Waals surface area (Å²) in [6, 6.07) is 4.20. The normalized spacial score (nSPS) is 18.6. The van der Waals surface area contributed by atoms with E-state index < -0.39 is 0 Å². The average molecular weight is 218 g/mol. The Hall–Kier alpha value is -0.980. The first-order chi connectivity index (χ1) is 7.22. The van der Waals surface area contributed by atoms with Gasteiger partial charge in [-0.3, -0.25) is 0 Å². The molecular formula is C15H22O. The highest BCUT2D eigenvalue weighted by molar-refractivity contribution is 5.49. The van der Waals surface area contributed by atoms with E-state index in [0.717, 1.165) is 12.0 Å². The summed E-state index contributed by atoms with van der Waals surface area (Å²) in [5.41, 5.74) is 4.10. The maximum atomic E-state index is 10.1. The summed E-state index contributed by atoms with van der Waals surface area (Å²) in [6.45, 7) is 11.0. The molecular weight excluding hydrogens is 196 g/mol. The molecule has 0 heterocycles. The van der Waals surface area contributed by atoms with Gasteiger partial charge in [-0.05, 0) is 46.4 Å². The lowest BCUT2D eigenvalue weighted by molar-refractivity contribution is 0.445. The molecule has 0 saturated heterocycles. The smallest absolute Gasteiger partial charge is 0.119 e. The van der Waals surface area contributed by atoms with Gasteiger partial charge in [-0.15, -0.1) is 0 Å². The van der Waals surface area contributed by atoms with Gasteiger partial charge in [0.05, 0.1) is 0 Å². The van der Waals surface area contributed by atoms with Crippen LogP contribution in [0.25, 0.3) is 0 Å². The lowest BCUT2D eigenvalue weighted by Gasteiger charge is -2.25. The molecule has 0 bridgehead atoms. The van der Waals surface area contributed by atoms with Crippen LogP contribution in [0.3, 0.4) is 0 Å². The maximum Gasteiger partial charge on any atom is 0.119 e. The topological polar surface area (TPSA) is 20.2 Å². The molecule has 0 spiro atoms. The van der Waals surface area contributed by atoms with Crippen molar-refractivity contribution in [1.82, 2.24) is 0 Å². The largest absolute Gasteiger partial charge is 0.508 e. The van der Waals surface area contributed by atoms with Crippen molar-refractivity contribution in [2.24, 2.45) is 0 Å². The third-order valence-electron chi connectivity index (χ3n) is 3.78. The van der Waals surface area contributed by atoms with Crippen molar-refractivity contribution in [2.45, 2.75) is 58.3 Å².